The van der Waals surface area contributed by atoms with Gasteiger partial charge in [0.2, 0.25) is 0 Å². The summed E-state index contributed by atoms with van der Waals surface area (Å²) in [6.45, 7) is 3.53. The summed E-state index contributed by atoms with van der Waals surface area (Å²) in [5.74, 6) is -2.40. The Kier molecular flexibility index (Phi) is 2.92. The maximum Gasteiger partial charge on any atom is 0.277 e. The van der Waals surface area contributed by atoms with E-state index in [-0.39, 0.29) is 22.2 Å². The lowest BCUT2D eigenvalue weighted by Crippen LogP contribution is -2.45. The van der Waals surface area contributed by atoms with Gasteiger partial charge in [-0.1, -0.05) is 11.6 Å². The van der Waals surface area contributed by atoms with Gasteiger partial charge in [-0.3, -0.25) is 9.59 Å². The lowest BCUT2D eigenvalue weighted by atomic mass is 10.1. The molecule has 1 aliphatic heterocycles. The van der Waals surface area contributed by atoms with Gasteiger partial charge in [0, 0.05) is 6.04 Å². The monoisotopic (exact) mass is 270 g/mol. The highest BCUT2D eigenvalue weighted by Gasteiger charge is 2.39. The Morgan fingerprint density at radius 3 is 2.44 bits per heavy atom. The molecule has 0 aliphatic carbocycles. The van der Waals surface area contributed by atoms with Gasteiger partial charge in [-0.05, 0) is 19.9 Å². The predicted molar refractivity (Wildman–Crippen MR) is 63.6 cm³/mol. The number of carbonyl (C=O) groups excluding carboxylic acids is 2. The molecule has 18 heavy (non-hydrogen) atoms. The third-order valence-electron chi connectivity index (χ3n) is 2.46. The topological polar surface area (TPSA) is 89.9 Å². The second-order valence-electron chi connectivity index (χ2n) is 4.21. The van der Waals surface area contributed by atoms with E-state index in [2.05, 4.69) is 5.43 Å². The Bertz CT molecular complexity index is 556. The Balaban J connectivity index is 2.56. The Morgan fingerprint density at radius 1 is 1.28 bits per heavy atom. The number of phenolic OH excluding ortho intramolecular Hbond substituents is 2. The van der Waals surface area contributed by atoms with Crippen LogP contribution in [0.1, 0.15) is 34.6 Å². The normalized spacial score (nSPS) is 14.6. The number of hydrogen-bond donors (Lipinski definition) is 3. The predicted octanol–water partition coefficient (Wildman–Crippen LogP) is 1.26. The molecular weight excluding hydrogens is 260 g/mol. The molecule has 1 aliphatic rings. The molecule has 96 valence electrons. The van der Waals surface area contributed by atoms with E-state index in [1.807, 2.05) is 0 Å². The first-order chi connectivity index (χ1) is 8.34. The molecular formula is C11H11ClN2O4. The van der Waals surface area contributed by atoms with Gasteiger partial charge in [-0.15, -0.1) is 0 Å². The fraction of sp³-hybridized carbons (Fsp3) is 0.273. The molecule has 0 unspecified atom stereocenters. The molecule has 0 aromatic heterocycles. The molecule has 2 rings (SSSR count). The largest absolute Gasteiger partial charge is 0.504 e. The molecule has 0 saturated carbocycles. The fourth-order valence-electron chi connectivity index (χ4n) is 1.70. The average Bonchev–Trinajstić information content (AvgIpc) is 2.51. The number of fused-ring (bicyclic) bond motifs is 1. The molecule has 6 nitrogen and oxygen atoms in total. The van der Waals surface area contributed by atoms with Crippen LogP contribution < -0.4 is 5.43 Å². The smallest absolute Gasteiger partial charge is 0.277 e. The van der Waals surface area contributed by atoms with E-state index in [0.29, 0.717) is 0 Å². The number of imide groups is 1. The van der Waals surface area contributed by atoms with Crippen LogP contribution in [0.5, 0.6) is 11.5 Å². The zero-order valence-corrected chi connectivity index (χ0v) is 10.4. The summed E-state index contributed by atoms with van der Waals surface area (Å²) in [4.78, 5) is 23.9. The summed E-state index contributed by atoms with van der Waals surface area (Å²) in [5, 5.41) is 19.4. The van der Waals surface area contributed by atoms with Crippen molar-refractivity contribution >= 4 is 23.4 Å². The van der Waals surface area contributed by atoms with Crippen LogP contribution in [-0.4, -0.2) is 33.1 Å². The number of hydrogen-bond acceptors (Lipinski definition) is 5. The number of aromatic hydroxyl groups is 2. The third-order valence-corrected chi connectivity index (χ3v) is 2.83. The summed E-state index contributed by atoms with van der Waals surface area (Å²) in [6.07, 6.45) is 0. The minimum absolute atomic E-state index is 0.0338. The van der Waals surface area contributed by atoms with Crippen molar-refractivity contribution in [1.82, 2.24) is 10.4 Å². The van der Waals surface area contributed by atoms with Gasteiger partial charge in [0.25, 0.3) is 11.8 Å². The number of hydrazine groups is 1. The Hall–Kier alpha value is -1.79. The van der Waals surface area contributed by atoms with E-state index in [9.17, 15) is 19.8 Å². The standard InChI is InChI=1S/C11H11ClN2O4/c1-4(2)13-14-10(17)5-3-6(15)9(16)8(12)7(5)11(14)18/h3-4,13,15-16H,1-2H3. The van der Waals surface area contributed by atoms with Crippen molar-refractivity contribution in [1.29, 1.82) is 0 Å². The van der Waals surface area contributed by atoms with Crippen LogP contribution in [-0.2, 0) is 0 Å². The SMILES string of the molecule is CC(C)NN1C(=O)c2cc(O)c(O)c(Cl)c2C1=O. The molecule has 1 heterocycles. The zero-order valence-electron chi connectivity index (χ0n) is 9.69. The van der Waals surface area contributed by atoms with Crippen LogP contribution in [0.2, 0.25) is 5.02 Å². The second-order valence-corrected chi connectivity index (χ2v) is 4.59. The van der Waals surface area contributed by atoms with Gasteiger partial charge < -0.3 is 10.2 Å². The lowest BCUT2D eigenvalue weighted by Gasteiger charge is -2.17. The molecule has 3 N–H and O–H groups in total. The number of nitrogens with zero attached hydrogens (tertiary/aromatic N) is 1. The number of halogens is 1. The number of carbonyl (C=O) groups is 2. The Labute approximate surface area is 108 Å². The van der Waals surface area contributed by atoms with Gasteiger partial charge in [0.15, 0.2) is 11.5 Å². The number of phenols is 2. The van der Waals surface area contributed by atoms with Crippen molar-refractivity contribution in [3.05, 3.63) is 22.2 Å². The maximum atomic E-state index is 12.0. The average molecular weight is 271 g/mol. The van der Waals surface area contributed by atoms with Crippen molar-refractivity contribution in [3.63, 3.8) is 0 Å². The second kappa shape index (κ2) is 4.15. The van der Waals surface area contributed by atoms with Crippen molar-refractivity contribution in [2.45, 2.75) is 19.9 Å². The zero-order chi connectivity index (χ0) is 13.6. The number of rotatable bonds is 2. The summed E-state index contributed by atoms with van der Waals surface area (Å²) in [5.41, 5.74) is 2.53. The van der Waals surface area contributed by atoms with E-state index in [0.717, 1.165) is 11.1 Å². The minimum Gasteiger partial charge on any atom is -0.504 e. The van der Waals surface area contributed by atoms with E-state index < -0.39 is 23.3 Å². The lowest BCUT2D eigenvalue weighted by molar-refractivity contribution is 0.0544. The van der Waals surface area contributed by atoms with Gasteiger partial charge in [0.1, 0.15) is 0 Å². The Morgan fingerprint density at radius 2 is 1.89 bits per heavy atom. The van der Waals surface area contributed by atoms with E-state index in [4.69, 9.17) is 11.6 Å². The molecule has 2 amide bonds. The van der Waals surface area contributed by atoms with Crippen molar-refractivity contribution in [2.24, 2.45) is 0 Å². The highest BCUT2D eigenvalue weighted by molar-refractivity contribution is 6.38. The summed E-state index contributed by atoms with van der Waals surface area (Å²) >= 11 is 5.77. The van der Waals surface area contributed by atoms with Crippen LogP contribution in [0.25, 0.3) is 0 Å². The maximum absolute atomic E-state index is 12.0. The van der Waals surface area contributed by atoms with Crippen molar-refractivity contribution in [2.75, 3.05) is 0 Å². The van der Waals surface area contributed by atoms with Gasteiger partial charge in [0.05, 0.1) is 16.1 Å². The van der Waals surface area contributed by atoms with E-state index in [1.54, 1.807) is 13.8 Å². The molecule has 0 bridgehead atoms. The van der Waals surface area contributed by atoms with Crippen LogP contribution in [0, 0.1) is 0 Å². The van der Waals surface area contributed by atoms with Crippen molar-refractivity contribution in [3.8, 4) is 11.5 Å². The molecule has 0 atom stereocenters. The number of nitrogens with one attached hydrogen (secondary N) is 1. The fourth-order valence-corrected chi connectivity index (χ4v) is 1.98. The quantitative estimate of drug-likeness (QED) is 0.556. The molecule has 0 fully saturated rings. The molecule has 1 aromatic rings. The van der Waals surface area contributed by atoms with Crippen LogP contribution in [0.3, 0.4) is 0 Å². The van der Waals surface area contributed by atoms with E-state index >= 15 is 0 Å². The first-order valence-electron chi connectivity index (χ1n) is 5.24. The highest BCUT2D eigenvalue weighted by atomic mass is 35.5. The van der Waals surface area contributed by atoms with Crippen LogP contribution >= 0.6 is 11.6 Å². The molecule has 0 saturated heterocycles. The summed E-state index contributed by atoms with van der Waals surface area (Å²) in [6, 6.07) is 0.895. The third kappa shape index (κ3) is 1.70. The molecule has 0 spiro atoms. The molecule has 0 radical (unpaired) electrons. The number of benzene rings is 1. The molecule has 1 aromatic carbocycles. The van der Waals surface area contributed by atoms with Crippen LogP contribution in [0.15, 0.2) is 6.07 Å². The minimum atomic E-state index is -0.649. The first-order valence-corrected chi connectivity index (χ1v) is 5.61. The van der Waals surface area contributed by atoms with Crippen LogP contribution in [0.4, 0.5) is 0 Å². The highest BCUT2D eigenvalue weighted by Crippen LogP contribution is 2.41. The van der Waals surface area contributed by atoms with Gasteiger partial charge >= 0.3 is 0 Å². The number of amides is 2. The van der Waals surface area contributed by atoms with Gasteiger partial charge in [-0.25, -0.2) is 10.4 Å². The first kappa shape index (κ1) is 12.7. The van der Waals surface area contributed by atoms with Crippen molar-refractivity contribution < 1.29 is 19.8 Å². The molecule has 7 heteroatoms. The summed E-state index contributed by atoms with van der Waals surface area (Å²) in [7, 11) is 0. The van der Waals surface area contributed by atoms with E-state index in [1.165, 1.54) is 0 Å². The van der Waals surface area contributed by atoms with Gasteiger partial charge in [-0.2, -0.15) is 0 Å². The summed E-state index contributed by atoms with van der Waals surface area (Å²) < 4.78 is 0.